The molecule has 1 aromatic carbocycles. The fourth-order valence-corrected chi connectivity index (χ4v) is 2.18. The number of nitrogens with zero attached hydrogens (tertiary/aromatic N) is 1. The molecule has 0 heterocycles. The zero-order valence-electron chi connectivity index (χ0n) is 11.6. The summed E-state index contributed by atoms with van der Waals surface area (Å²) in [6, 6.07) is 8.15. The van der Waals surface area contributed by atoms with E-state index in [0.29, 0.717) is 12.6 Å². The Morgan fingerprint density at radius 3 is 2.61 bits per heavy atom. The fourth-order valence-electron chi connectivity index (χ4n) is 1.60. The molecule has 18 heavy (non-hydrogen) atoms. The van der Waals surface area contributed by atoms with Crippen LogP contribution < -0.4 is 10.5 Å². The second kappa shape index (κ2) is 8.27. The zero-order chi connectivity index (χ0) is 13.4. The highest BCUT2D eigenvalue weighted by Crippen LogP contribution is 2.13. The van der Waals surface area contributed by atoms with E-state index in [1.54, 1.807) is 0 Å². The molecule has 0 aliphatic rings. The summed E-state index contributed by atoms with van der Waals surface area (Å²) in [7, 11) is 2.15. The number of anilines is 1. The molecular formula is C14H24N2OS. The first-order chi connectivity index (χ1) is 8.63. The third-order valence-electron chi connectivity index (χ3n) is 3.09. The Morgan fingerprint density at radius 1 is 1.33 bits per heavy atom. The van der Waals surface area contributed by atoms with Crippen molar-refractivity contribution in [2.24, 2.45) is 0 Å². The average molecular weight is 268 g/mol. The van der Waals surface area contributed by atoms with E-state index >= 15 is 0 Å². The van der Waals surface area contributed by atoms with Gasteiger partial charge < -0.3 is 15.4 Å². The number of benzene rings is 1. The lowest BCUT2D eigenvalue weighted by Crippen LogP contribution is -2.33. The molecule has 0 aliphatic heterocycles. The van der Waals surface area contributed by atoms with Crippen molar-refractivity contribution in [3.05, 3.63) is 24.3 Å². The summed E-state index contributed by atoms with van der Waals surface area (Å²) in [6.07, 6.45) is 3.37. The Kier molecular flexibility index (Phi) is 6.98. The summed E-state index contributed by atoms with van der Waals surface area (Å²) in [6.45, 7) is 3.92. The van der Waals surface area contributed by atoms with Gasteiger partial charge in [0.15, 0.2) is 0 Å². The van der Waals surface area contributed by atoms with Crippen LogP contribution in [-0.4, -0.2) is 43.1 Å². The van der Waals surface area contributed by atoms with Crippen LogP contribution in [0.25, 0.3) is 0 Å². The molecule has 1 rings (SSSR count). The molecule has 4 heteroatoms. The van der Waals surface area contributed by atoms with Crippen LogP contribution in [0.2, 0.25) is 0 Å². The number of nitrogens with two attached hydrogens (primary N) is 1. The standard InChI is InChI=1S/C14H24N2OS/c1-12(8-11-18-3)16(2)9-10-17-14-6-4-13(15)5-7-14/h4-7,12H,8-11,15H2,1-3H3. The lowest BCUT2D eigenvalue weighted by Gasteiger charge is -2.24. The molecule has 0 aromatic heterocycles. The molecule has 1 aromatic rings. The lowest BCUT2D eigenvalue weighted by atomic mass is 10.2. The topological polar surface area (TPSA) is 38.5 Å². The third-order valence-corrected chi connectivity index (χ3v) is 3.73. The molecule has 1 atom stereocenters. The first kappa shape index (κ1) is 15.2. The Labute approximate surface area is 115 Å². The van der Waals surface area contributed by atoms with Crippen molar-refractivity contribution in [3.63, 3.8) is 0 Å². The number of hydrogen-bond donors (Lipinski definition) is 1. The first-order valence-electron chi connectivity index (χ1n) is 6.31. The van der Waals surface area contributed by atoms with Gasteiger partial charge in [-0.15, -0.1) is 0 Å². The van der Waals surface area contributed by atoms with Crippen LogP contribution in [0.4, 0.5) is 5.69 Å². The largest absolute Gasteiger partial charge is 0.492 e. The van der Waals surface area contributed by atoms with Crippen molar-refractivity contribution in [3.8, 4) is 5.75 Å². The van der Waals surface area contributed by atoms with Crippen molar-refractivity contribution >= 4 is 17.4 Å². The van der Waals surface area contributed by atoms with E-state index in [-0.39, 0.29) is 0 Å². The number of nitrogen functional groups attached to an aromatic ring is 1. The summed E-state index contributed by atoms with van der Waals surface area (Å²) in [4.78, 5) is 2.34. The molecule has 3 nitrogen and oxygen atoms in total. The minimum atomic E-state index is 0.604. The van der Waals surface area contributed by atoms with Crippen LogP contribution in [0.3, 0.4) is 0 Å². The highest BCUT2D eigenvalue weighted by Gasteiger charge is 2.08. The SMILES string of the molecule is CSCCC(C)N(C)CCOc1ccc(N)cc1. The highest BCUT2D eigenvalue weighted by molar-refractivity contribution is 7.98. The molecule has 1 unspecified atom stereocenters. The van der Waals surface area contributed by atoms with Gasteiger partial charge in [-0.3, -0.25) is 0 Å². The van der Waals surface area contributed by atoms with E-state index < -0.39 is 0 Å². The quantitative estimate of drug-likeness (QED) is 0.736. The molecule has 0 fully saturated rings. The Bertz CT molecular complexity index is 329. The normalized spacial score (nSPS) is 12.7. The van der Waals surface area contributed by atoms with Gasteiger partial charge in [0.25, 0.3) is 0 Å². The number of hydrogen-bond acceptors (Lipinski definition) is 4. The summed E-state index contributed by atoms with van der Waals surface area (Å²) >= 11 is 1.90. The van der Waals surface area contributed by atoms with Crippen molar-refractivity contribution < 1.29 is 4.74 Å². The predicted molar refractivity (Wildman–Crippen MR) is 81.4 cm³/mol. The zero-order valence-corrected chi connectivity index (χ0v) is 12.4. The molecule has 0 radical (unpaired) electrons. The Hall–Kier alpha value is -0.870. The minimum Gasteiger partial charge on any atom is -0.492 e. The predicted octanol–water partition coefficient (Wildman–Crippen LogP) is 2.72. The lowest BCUT2D eigenvalue weighted by molar-refractivity contribution is 0.197. The van der Waals surface area contributed by atoms with E-state index in [9.17, 15) is 0 Å². The summed E-state index contributed by atoms with van der Waals surface area (Å²) < 4.78 is 5.68. The number of likely N-dealkylation sites (N-methyl/N-ethyl adjacent to an activating group) is 1. The molecule has 0 saturated carbocycles. The van der Waals surface area contributed by atoms with E-state index in [2.05, 4.69) is 25.1 Å². The molecule has 0 spiro atoms. The van der Waals surface area contributed by atoms with Crippen molar-refractivity contribution in [2.75, 3.05) is 37.9 Å². The summed E-state index contributed by atoms with van der Waals surface area (Å²) in [5.74, 6) is 2.10. The summed E-state index contributed by atoms with van der Waals surface area (Å²) in [5, 5.41) is 0. The third kappa shape index (κ3) is 5.65. The van der Waals surface area contributed by atoms with Crippen LogP contribution in [0, 0.1) is 0 Å². The molecule has 0 amide bonds. The van der Waals surface area contributed by atoms with Crippen LogP contribution in [0.15, 0.2) is 24.3 Å². The minimum absolute atomic E-state index is 0.604. The maximum Gasteiger partial charge on any atom is 0.119 e. The van der Waals surface area contributed by atoms with E-state index in [0.717, 1.165) is 18.0 Å². The monoisotopic (exact) mass is 268 g/mol. The molecule has 0 aliphatic carbocycles. The first-order valence-corrected chi connectivity index (χ1v) is 7.70. The molecule has 0 bridgehead atoms. The van der Waals surface area contributed by atoms with Crippen LogP contribution in [-0.2, 0) is 0 Å². The molecule has 2 N–H and O–H groups in total. The smallest absolute Gasteiger partial charge is 0.119 e. The number of thioether (sulfide) groups is 1. The van der Waals surface area contributed by atoms with Crippen molar-refractivity contribution in [1.29, 1.82) is 0 Å². The fraction of sp³-hybridized carbons (Fsp3) is 0.571. The summed E-state index contributed by atoms with van der Waals surface area (Å²) in [5.41, 5.74) is 6.39. The van der Waals surface area contributed by atoms with Gasteiger partial charge in [0.1, 0.15) is 12.4 Å². The highest BCUT2D eigenvalue weighted by atomic mass is 32.2. The van der Waals surface area contributed by atoms with E-state index in [1.165, 1.54) is 12.2 Å². The van der Waals surface area contributed by atoms with Gasteiger partial charge in [-0.1, -0.05) is 0 Å². The van der Waals surface area contributed by atoms with Crippen LogP contribution in [0.1, 0.15) is 13.3 Å². The molecule has 0 saturated heterocycles. The van der Waals surface area contributed by atoms with Gasteiger partial charge in [0.05, 0.1) is 0 Å². The maximum atomic E-state index is 5.68. The van der Waals surface area contributed by atoms with Gasteiger partial charge in [0.2, 0.25) is 0 Å². The number of rotatable bonds is 8. The van der Waals surface area contributed by atoms with Gasteiger partial charge in [-0.2, -0.15) is 11.8 Å². The van der Waals surface area contributed by atoms with Crippen LogP contribution in [0.5, 0.6) is 5.75 Å². The maximum absolute atomic E-state index is 5.68. The van der Waals surface area contributed by atoms with Gasteiger partial charge in [0, 0.05) is 18.3 Å². The Balaban J connectivity index is 2.22. The Morgan fingerprint density at radius 2 is 2.00 bits per heavy atom. The van der Waals surface area contributed by atoms with Gasteiger partial charge in [-0.25, -0.2) is 0 Å². The van der Waals surface area contributed by atoms with Crippen molar-refractivity contribution in [2.45, 2.75) is 19.4 Å². The van der Waals surface area contributed by atoms with E-state index in [4.69, 9.17) is 10.5 Å². The average Bonchev–Trinajstić information content (AvgIpc) is 2.38. The second-order valence-corrected chi connectivity index (χ2v) is 5.51. The second-order valence-electron chi connectivity index (χ2n) is 4.53. The van der Waals surface area contributed by atoms with E-state index in [1.807, 2.05) is 36.0 Å². The molecular weight excluding hydrogens is 244 g/mol. The van der Waals surface area contributed by atoms with Crippen LogP contribution >= 0.6 is 11.8 Å². The number of ether oxygens (including phenoxy) is 1. The molecule has 102 valence electrons. The van der Waals surface area contributed by atoms with Gasteiger partial charge >= 0.3 is 0 Å². The van der Waals surface area contributed by atoms with Crippen molar-refractivity contribution in [1.82, 2.24) is 4.90 Å². The van der Waals surface area contributed by atoms with Gasteiger partial charge in [-0.05, 0) is 56.7 Å².